The highest BCUT2D eigenvalue weighted by Crippen LogP contribution is 2.22. The van der Waals surface area contributed by atoms with Crippen molar-refractivity contribution in [3.63, 3.8) is 0 Å². The molecule has 1 aliphatic heterocycles. The second kappa shape index (κ2) is 40.9. The van der Waals surface area contributed by atoms with Gasteiger partial charge in [0, 0.05) is 38.6 Å². The maximum absolute atomic E-state index is 14.9. The first-order valence-electron chi connectivity index (χ1n) is 32.1. The molecule has 0 aromatic heterocycles. The maximum Gasteiger partial charge on any atom is 0.326 e. The number of amides is 11. The van der Waals surface area contributed by atoms with Gasteiger partial charge in [0.25, 0.3) is 0 Å². The predicted molar refractivity (Wildman–Crippen MR) is 361 cm³/mol. The van der Waals surface area contributed by atoms with Gasteiger partial charge in [-0.1, -0.05) is 48.5 Å². The van der Waals surface area contributed by atoms with Crippen molar-refractivity contribution >= 4 is 94.6 Å². The summed E-state index contributed by atoms with van der Waals surface area (Å²) in [6.45, 7) is -4.26. The van der Waals surface area contributed by atoms with E-state index in [1.807, 2.05) is 0 Å². The molecular formula is C66H84N12O24S. The van der Waals surface area contributed by atoms with Gasteiger partial charge in [-0.05, 0) is 108 Å². The minimum absolute atomic E-state index is 0.0443. The fourth-order valence-corrected chi connectivity index (χ4v) is 10.9. The minimum Gasteiger partial charge on any atom is -0.508 e. The number of nitrogens with two attached hydrogens (primary N) is 1. The van der Waals surface area contributed by atoms with Crippen molar-refractivity contribution in [2.24, 2.45) is 5.73 Å². The zero-order chi connectivity index (χ0) is 76.0. The lowest BCUT2D eigenvalue weighted by atomic mass is 10.0. The third-order valence-corrected chi connectivity index (χ3v) is 16.6. The smallest absolute Gasteiger partial charge is 0.326 e. The Hall–Kier alpha value is -11.2. The fraction of sp³-hybridized carbons (Fsp3) is 0.424. The number of hydrogen-bond donors (Lipinski definition) is 21. The summed E-state index contributed by atoms with van der Waals surface area (Å²) in [5, 5.41) is 123. The van der Waals surface area contributed by atoms with Gasteiger partial charge >= 0.3 is 17.9 Å². The molecule has 22 N–H and O–H groups in total. The Balaban J connectivity index is 1.39. The van der Waals surface area contributed by atoms with E-state index < -0.39 is 208 Å². The van der Waals surface area contributed by atoms with Gasteiger partial charge in [0.2, 0.25) is 65.0 Å². The van der Waals surface area contributed by atoms with E-state index in [0.717, 1.165) is 4.90 Å². The second-order valence-electron chi connectivity index (χ2n) is 23.8. The molecule has 0 saturated carbocycles. The highest BCUT2D eigenvalue weighted by Gasteiger charge is 2.41. The topological polar surface area (TPSA) is 591 Å². The van der Waals surface area contributed by atoms with Gasteiger partial charge in [-0.15, -0.1) is 0 Å². The van der Waals surface area contributed by atoms with E-state index in [2.05, 4.69) is 53.2 Å². The van der Waals surface area contributed by atoms with E-state index >= 15 is 0 Å². The summed E-state index contributed by atoms with van der Waals surface area (Å²) in [4.78, 5) is 189. The lowest BCUT2D eigenvalue weighted by Gasteiger charge is -2.30. The van der Waals surface area contributed by atoms with Crippen LogP contribution in [-0.4, -0.2) is 250 Å². The van der Waals surface area contributed by atoms with Crippen molar-refractivity contribution in [1.82, 2.24) is 58.1 Å². The minimum atomic E-state index is -1.91. The average Bonchev–Trinajstić information content (AvgIpc) is 1.75. The molecule has 1 heterocycles. The zero-order valence-corrected chi connectivity index (χ0v) is 56.3. The van der Waals surface area contributed by atoms with Crippen LogP contribution in [0.5, 0.6) is 23.0 Å². The van der Waals surface area contributed by atoms with Crippen LogP contribution in [0.3, 0.4) is 0 Å². The first-order chi connectivity index (χ1) is 48.9. The molecule has 5 rings (SSSR count). The van der Waals surface area contributed by atoms with E-state index in [0.29, 0.717) is 16.7 Å². The number of benzene rings is 4. The number of likely N-dealkylation sites (tertiary alicyclic amines) is 1. The molecule has 11 atom stereocenters. The Labute approximate surface area is 592 Å². The fourth-order valence-electron chi connectivity index (χ4n) is 10.4. The molecule has 0 aliphatic carbocycles. The van der Waals surface area contributed by atoms with Crippen molar-refractivity contribution in [1.29, 1.82) is 0 Å². The van der Waals surface area contributed by atoms with Crippen LogP contribution >= 0.6 is 11.8 Å². The molecule has 37 heteroatoms. The lowest BCUT2D eigenvalue weighted by Crippen LogP contribution is -2.61. The predicted octanol–water partition coefficient (Wildman–Crippen LogP) is -5.27. The summed E-state index contributed by atoms with van der Waals surface area (Å²) < 4.78 is 0. The van der Waals surface area contributed by atoms with Crippen LogP contribution in [0.15, 0.2) is 97.1 Å². The van der Waals surface area contributed by atoms with Gasteiger partial charge in [-0.3, -0.25) is 62.3 Å². The SMILES string of the molecule is CSCC[C@H](NC(=O)[C@H](CO)NC(=O)[C@H](Cc1ccc(O)cc1)NC(=O)[C@H](Cc1ccc(O)cc1)NC(=O)[C@H](Cc1ccc(O)cc1)NC(=O)[C@@H]1CCCN1C(=O)[C@H](CO)NC(=O)[C@H](CO)NC(=O)CNC(=O)[C@@H](N)CC(=O)O)C(=O)N[C@@H](CCC(=O)O)C(=O)N[C@@H](Cc1ccc(O)cc1)C(=O)O. The Bertz CT molecular complexity index is 3630. The molecule has 4 aromatic carbocycles. The van der Waals surface area contributed by atoms with Gasteiger partial charge < -0.3 is 115 Å². The molecule has 1 fully saturated rings. The third-order valence-electron chi connectivity index (χ3n) is 16.0. The first-order valence-corrected chi connectivity index (χ1v) is 33.5. The average molecular weight is 1460 g/mol. The number of aliphatic hydroxyl groups excluding tert-OH is 3. The Kier molecular flexibility index (Phi) is 32.8. The zero-order valence-electron chi connectivity index (χ0n) is 55.5. The Morgan fingerprint density at radius 1 is 0.447 bits per heavy atom. The van der Waals surface area contributed by atoms with Crippen molar-refractivity contribution in [3.05, 3.63) is 119 Å². The summed E-state index contributed by atoms with van der Waals surface area (Å²) in [5.41, 5.74) is 6.79. The molecule has 1 aliphatic rings. The molecule has 1 saturated heterocycles. The van der Waals surface area contributed by atoms with Crippen LogP contribution in [0, 0.1) is 0 Å². The first kappa shape index (κ1) is 82.5. The standard InChI is InChI=1S/C66H84N12O24S/c1-103-24-22-44(58(93)70-43(20-21-54(87)88)57(92)75-48(66(101)102)28-37-10-18-41(85)19-11-37)71-63(98)50(32-80)76-61(96)46(26-35-6-14-39(83)15-7-35)73-59(94)45(25-34-4-12-38(82)13-5-34)72-60(95)47(27-36-8-16-40(84)17-9-36)74-64(99)52-3-2-23-78(52)65(100)51(33-81)77-62(97)49(31-79)69-53(86)30-68-56(91)42(67)29-55(89)90/h4-19,42-52,79-85H,2-3,20-33,67H2,1H3,(H,68,91)(H,69,86)(H,70,93)(H,71,98)(H,72,95)(H,73,94)(H,74,99)(H,75,92)(H,76,96)(H,77,97)(H,87,88)(H,89,90)(H,101,102)/t42-,43-,44-,45-,46-,47-,48-,49-,50-,51-,52-/m0/s1. The summed E-state index contributed by atoms with van der Waals surface area (Å²) in [6, 6.07) is 2.99. The number of carboxylic acid groups (broad SMARTS) is 3. The molecule has 11 amide bonds. The Morgan fingerprint density at radius 3 is 1.19 bits per heavy atom. The van der Waals surface area contributed by atoms with Crippen LogP contribution in [0.25, 0.3) is 0 Å². The number of rotatable bonds is 41. The van der Waals surface area contributed by atoms with Crippen LogP contribution in [0.4, 0.5) is 0 Å². The summed E-state index contributed by atoms with van der Waals surface area (Å²) in [6.07, 6.45) is -1.88. The van der Waals surface area contributed by atoms with Crippen LogP contribution in [0.2, 0.25) is 0 Å². The van der Waals surface area contributed by atoms with E-state index in [-0.39, 0.29) is 73.0 Å². The van der Waals surface area contributed by atoms with Gasteiger partial charge in [0.1, 0.15) is 83.4 Å². The van der Waals surface area contributed by atoms with E-state index in [1.165, 1.54) is 109 Å². The van der Waals surface area contributed by atoms with Crippen molar-refractivity contribution in [2.75, 3.05) is 44.9 Å². The normalized spacial score (nSPS) is 15.4. The van der Waals surface area contributed by atoms with E-state index in [1.54, 1.807) is 6.26 Å². The molecule has 0 radical (unpaired) electrons. The number of aliphatic carboxylic acids is 3. The molecule has 36 nitrogen and oxygen atoms in total. The second-order valence-corrected chi connectivity index (χ2v) is 24.8. The number of nitrogens with zero attached hydrogens (tertiary/aromatic N) is 1. The Morgan fingerprint density at radius 2 is 0.796 bits per heavy atom. The number of aliphatic hydroxyl groups is 3. The third kappa shape index (κ3) is 27.0. The lowest BCUT2D eigenvalue weighted by molar-refractivity contribution is -0.143. The highest BCUT2D eigenvalue weighted by molar-refractivity contribution is 7.98. The number of carbonyl (C=O) groups excluding carboxylic acids is 11. The quantitative estimate of drug-likeness (QED) is 0.0197. The maximum atomic E-state index is 14.9. The van der Waals surface area contributed by atoms with E-state index in [9.17, 15) is 113 Å². The van der Waals surface area contributed by atoms with Crippen molar-refractivity contribution in [3.8, 4) is 23.0 Å². The number of phenols is 4. The largest absolute Gasteiger partial charge is 0.508 e. The summed E-state index contributed by atoms with van der Waals surface area (Å²) in [7, 11) is 0. The molecule has 4 aromatic rings. The van der Waals surface area contributed by atoms with Crippen molar-refractivity contribution in [2.45, 2.75) is 131 Å². The number of carbonyl (C=O) groups is 14. The van der Waals surface area contributed by atoms with Crippen LogP contribution in [-0.2, 0) is 92.8 Å². The molecule has 103 heavy (non-hydrogen) atoms. The highest BCUT2D eigenvalue weighted by atomic mass is 32.2. The molecule has 0 spiro atoms. The van der Waals surface area contributed by atoms with Crippen LogP contribution < -0.4 is 58.9 Å². The number of thioether (sulfide) groups is 1. The number of nitrogens with one attached hydrogen (secondary N) is 10. The molecular weight excluding hydrogens is 1380 g/mol. The van der Waals surface area contributed by atoms with Gasteiger partial charge in [-0.25, -0.2) is 4.79 Å². The number of phenolic OH excluding ortho intramolecular Hbond substituents is 4. The van der Waals surface area contributed by atoms with Gasteiger partial charge in [0.15, 0.2) is 0 Å². The van der Waals surface area contributed by atoms with Crippen LogP contribution in [0.1, 0.15) is 60.8 Å². The van der Waals surface area contributed by atoms with Gasteiger partial charge in [-0.2, -0.15) is 11.8 Å². The molecule has 558 valence electrons. The van der Waals surface area contributed by atoms with Crippen molar-refractivity contribution < 1.29 is 118 Å². The molecule has 0 bridgehead atoms. The monoisotopic (exact) mass is 1460 g/mol. The van der Waals surface area contributed by atoms with E-state index in [4.69, 9.17) is 10.8 Å². The van der Waals surface area contributed by atoms with Gasteiger partial charge in [0.05, 0.1) is 38.8 Å². The number of carboxylic acids is 3. The number of aromatic hydroxyl groups is 4. The summed E-state index contributed by atoms with van der Waals surface area (Å²) >= 11 is 1.22. The summed E-state index contributed by atoms with van der Waals surface area (Å²) in [5.74, 6) is -16.8. The molecule has 0 unspecified atom stereocenters. The number of hydrogen-bond acceptors (Lipinski definition) is 23.